The van der Waals surface area contributed by atoms with Crippen molar-refractivity contribution in [1.82, 2.24) is 4.90 Å². The van der Waals surface area contributed by atoms with E-state index in [9.17, 15) is 9.59 Å². The van der Waals surface area contributed by atoms with Gasteiger partial charge >= 0.3 is 5.97 Å². The smallest absolute Gasteiger partial charge is 0.314 e. The fourth-order valence-electron chi connectivity index (χ4n) is 4.87. The Morgan fingerprint density at radius 1 is 1.24 bits per heavy atom. The maximum atomic E-state index is 12.7. The molecule has 1 heterocycles. The van der Waals surface area contributed by atoms with Crippen molar-refractivity contribution in [3.8, 4) is 5.75 Å². The van der Waals surface area contributed by atoms with Gasteiger partial charge in [-0.2, -0.15) is 0 Å². The lowest BCUT2D eigenvalue weighted by molar-refractivity contribution is -0.174. The molecule has 1 aliphatic heterocycles. The number of amides is 1. The third-order valence-corrected chi connectivity index (χ3v) is 6.00. The van der Waals surface area contributed by atoms with E-state index in [0.717, 1.165) is 17.7 Å². The van der Waals surface area contributed by atoms with Gasteiger partial charge in [-0.3, -0.25) is 9.59 Å². The molecule has 1 amide bonds. The van der Waals surface area contributed by atoms with Crippen molar-refractivity contribution in [3.63, 3.8) is 0 Å². The SMILES string of the molecule is COC(=O)[C@@]12CN(C(=O)CCc3ccccc3OC)C[C@@H]1C(C)(C)C2. The van der Waals surface area contributed by atoms with Crippen LogP contribution in [0.4, 0.5) is 0 Å². The van der Waals surface area contributed by atoms with E-state index in [1.54, 1.807) is 7.11 Å². The van der Waals surface area contributed by atoms with Crippen LogP contribution in [0.3, 0.4) is 0 Å². The minimum absolute atomic E-state index is 0.0753. The molecule has 136 valence electrons. The molecule has 0 unspecified atom stereocenters. The number of carbonyl (C=O) groups excluding carboxylic acids is 2. The number of aryl methyl sites for hydroxylation is 1. The van der Waals surface area contributed by atoms with Gasteiger partial charge in [0, 0.05) is 19.5 Å². The third kappa shape index (κ3) is 2.90. The molecule has 0 bridgehead atoms. The number of methoxy groups -OCH3 is 2. The zero-order valence-corrected chi connectivity index (χ0v) is 15.5. The molecule has 5 heteroatoms. The van der Waals surface area contributed by atoms with Gasteiger partial charge in [-0.05, 0) is 35.8 Å². The Balaban J connectivity index is 1.67. The van der Waals surface area contributed by atoms with E-state index in [1.807, 2.05) is 29.2 Å². The second kappa shape index (κ2) is 6.36. The molecule has 2 fully saturated rings. The first-order valence-electron chi connectivity index (χ1n) is 8.82. The van der Waals surface area contributed by atoms with Gasteiger partial charge in [-0.25, -0.2) is 0 Å². The van der Waals surface area contributed by atoms with E-state index >= 15 is 0 Å². The van der Waals surface area contributed by atoms with Crippen LogP contribution >= 0.6 is 0 Å². The summed E-state index contributed by atoms with van der Waals surface area (Å²) in [6, 6.07) is 7.77. The predicted octanol–water partition coefficient (Wildman–Crippen LogP) is 2.68. The highest BCUT2D eigenvalue weighted by Gasteiger charge is 2.67. The highest BCUT2D eigenvalue weighted by molar-refractivity contribution is 5.83. The van der Waals surface area contributed by atoms with Crippen LogP contribution in [-0.2, 0) is 20.7 Å². The number of rotatable bonds is 5. The van der Waals surface area contributed by atoms with Crippen molar-refractivity contribution >= 4 is 11.9 Å². The lowest BCUT2D eigenvalue weighted by atomic mass is 9.48. The Morgan fingerprint density at radius 3 is 2.60 bits per heavy atom. The molecule has 5 nitrogen and oxygen atoms in total. The second-order valence-electron chi connectivity index (χ2n) is 7.95. The third-order valence-electron chi connectivity index (χ3n) is 6.00. The standard InChI is InChI=1S/C20H27NO4/c1-19(2)12-20(18(23)25-4)13-21(11-16(19)20)17(22)10-9-14-7-5-6-8-15(14)24-3/h5-8,16H,9-13H2,1-4H3/t16-,20+/m1/s1. The van der Waals surface area contributed by atoms with Crippen LogP contribution in [0, 0.1) is 16.7 Å². The minimum atomic E-state index is -0.502. The first-order chi connectivity index (χ1) is 11.8. The van der Waals surface area contributed by atoms with Crippen LogP contribution in [0.5, 0.6) is 5.75 Å². The highest BCUT2D eigenvalue weighted by Crippen LogP contribution is 2.63. The van der Waals surface area contributed by atoms with Gasteiger partial charge in [-0.15, -0.1) is 0 Å². The number of nitrogens with zero attached hydrogens (tertiary/aromatic N) is 1. The number of para-hydroxylation sites is 1. The summed E-state index contributed by atoms with van der Waals surface area (Å²) in [6.45, 7) is 5.47. The highest BCUT2D eigenvalue weighted by atomic mass is 16.5. The lowest BCUT2D eigenvalue weighted by Crippen LogP contribution is -2.57. The van der Waals surface area contributed by atoms with E-state index in [0.29, 0.717) is 25.9 Å². The van der Waals surface area contributed by atoms with Gasteiger partial charge in [0.2, 0.25) is 5.91 Å². The minimum Gasteiger partial charge on any atom is -0.496 e. The summed E-state index contributed by atoms with van der Waals surface area (Å²) in [4.78, 5) is 26.9. The van der Waals surface area contributed by atoms with Gasteiger partial charge in [0.1, 0.15) is 5.75 Å². The van der Waals surface area contributed by atoms with Crippen molar-refractivity contribution in [3.05, 3.63) is 29.8 Å². The molecule has 0 aromatic heterocycles. The summed E-state index contributed by atoms with van der Waals surface area (Å²) in [5, 5.41) is 0. The molecule has 1 saturated carbocycles. The van der Waals surface area contributed by atoms with Crippen LogP contribution in [0.1, 0.15) is 32.3 Å². The molecule has 0 N–H and O–H groups in total. The molecule has 0 radical (unpaired) electrons. The van der Waals surface area contributed by atoms with Crippen LogP contribution in [0.15, 0.2) is 24.3 Å². The first kappa shape index (κ1) is 17.8. The monoisotopic (exact) mass is 345 g/mol. The molecule has 1 aromatic rings. The summed E-state index contributed by atoms with van der Waals surface area (Å²) in [5.74, 6) is 0.919. The Bertz CT molecular complexity index is 684. The predicted molar refractivity (Wildman–Crippen MR) is 94.2 cm³/mol. The molecular weight excluding hydrogens is 318 g/mol. The Hall–Kier alpha value is -2.04. The van der Waals surface area contributed by atoms with Gasteiger partial charge < -0.3 is 14.4 Å². The number of benzene rings is 1. The Labute approximate surface area is 149 Å². The average Bonchev–Trinajstić information content (AvgIpc) is 2.95. The number of esters is 1. The normalized spacial score (nSPS) is 26.6. The molecule has 25 heavy (non-hydrogen) atoms. The summed E-state index contributed by atoms with van der Waals surface area (Å²) in [5.41, 5.74) is 0.605. The maximum absolute atomic E-state index is 12.7. The number of hydrogen-bond acceptors (Lipinski definition) is 4. The van der Waals surface area contributed by atoms with Crippen LogP contribution < -0.4 is 4.74 Å². The maximum Gasteiger partial charge on any atom is 0.314 e. The molecule has 0 spiro atoms. The molecule has 1 saturated heterocycles. The van der Waals surface area contributed by atoms with Gasteiger partial charge in [0.25, 0.3) is 0 Å². The fourth-order valence-corrected chi connectivity index (χ4v) is 4.87. The quantitative estimate of drug-likeness (QED) is 0.770. The van der Waals surface area contributed by atoms with Gasteiger partial charge in [0.15, 0.2) is 0 Å². The van der Waals surface area contributed by atoms with E-state index in [-0.39, 0.29) is 23.2 Å². The zero-order valence-electron chi connectivity index (χ0n) is 15.5. The number of hydrogen-bond donors (Lipinski definition) is 0. The van der Waals surface area contributed by atoms with Crippen LogP contribution in [0.2, 0.25) is 0 Å². The summed E-state index contributed by atoms with van der Waals surface area (Å²) >= 11 is 0. The average molecular weight is 345 g/mol. The molecule has 3 rings (SSSR count). The molecule has 1 aliphatic carbocycles. The number of likely N-dealkylation sites (tertiary alicyclic amines) is 1. The Kier molecular flexibility index (Phi) is 4.52. The number of fused-ring (bicyclic) bond motifs is 1. The van der Waals surface area contributed by atoms with Crippen molar-refractivity contribution in [1.29, 1.82) is 0 Å². The first-order valence-corrected chi connectivity index (χ1v) is 8.82. The molecule has 1 aromatic carbocycles. The number of carbonyl (C=O) groups is 2. The summed E-state index contributed by atoms with van der Waals surface area (Å²) < 4.78 is 10.4. The van der Waals surface area contributed by atoms with Crippen LogP contribution in [-0.4, -0.2) is 44.1 Å². The molecular formula is C20H27NO4. The largest absolute Gasteiger partial charge is 0.496 e. The Morgan fingerprint density at radius 2 is 1.96 bits per heavy atom. The number of ether oxygens (including phenoxy) is 2. The van der Waals surface area contributed by atoms with Crippen molar-refractivity contribution in [2.24, 2.45) is 16.7 Å². The van der Waals surface area contributed by atoms with Gasteiger partial charge in [-0.1, -0.05) is 32.0 Å². The lowest BCUT2D eigenvalue weighted by Gasteiger charge is -2.54. The van der Waals surface area contributed by atoms with Crippen LogP contribution in [0.25, 0.3) is 0 Å². The van der Waals surface area contributed by atoms with E-state index in [1.165, 1.54) is 7.11 Å². The topological polar surface area (TPSA) is 55.8 Å². The molecule has 2 atom stereocenters. The van der Waals surface area contributed by atoms with E-state index in [2.05, 4.69) is 13.8 Å². The fraction of sp³-hybridized carbons (Fsp3) is 0.600. The van der Waals surface area contributed by atoms with Gasteiger partial charge in [0.05, 0.1) is 19.6 Å². The molecule has 2 aliphatic rings. The second-order valence-corrected chi connectivity index (χ2v) is 7.95. The van der Waals surface area contributed by atoms with Crippen molar-refractivity contribution < 1.29 is 19.1 Å². The van der Waals surface area contributed by atoms with Crippen molar-refractivity contribution in [2.75, 3.05) is 27.3 Å². The summed E-state index contributed by atoms with van der Waals surface area (Å²) in [6.07, 6.45) is 1.84. The van der Waals surface area contributed by atoms with E-state index in [4.69, 9.17) is 9.47 Å². The summed E-state index contributed by atoms with van der Waals surface area (Å²) in [7, 11) is 3.08. The van der Waals surface area contributed by atoms with Crippen molar-refractivity contribution in [2.45, 2.75) is 33.1 Å². The zero-order chi connectivity index (χ0) is 18.2. The van der Waals surface area contributed by atoms with E-state index < -0.39 is 5.41 Å².